The van der Waals surface area contributed by atoms with Crippen LogP contribution in [0.1, 0.15) is 22.9 Å². The summed E-state index contributed by atoms with van der Waals surface area (Å²) in [6, 6.07) is 11.8. The molecular weight excluding hydrogens is 278 g/mol. The van der Waals surface area contributed by atoms with Gasteiger partial charge in [0.1, 0.15) is 0 Å². The summed E-state index contributed by atoms with van der Waals surface area (Å²) in [6.45, 7) is 2.05. The number of halogens is 1. The summed E-state index contributed by atoms with van der Waals surface area (Å²) in [4.78, 5) is 4.21. The second-order valence-electron chi connectivity index (χ2n) is 4.05. The van der Waals surface area contributed by atoms with Crippen molar-refractivity contribution in [2.45, 2.75) is 19.4 Å². The summed E-state index contributed by atoms with van der Waals surface area (Å²) in [5.74, 6) is 0. The van der Waals surface area contributed by atoms with E-state index in [1.807, 2.05) is 30.3 Å². The minimum absolute atomic E-state index is 0.552. The molecule has 0 saturated carbocycles. The van der Waals surface area contributed by atoms with Crippen molar-refractivity contribution in [3.05, 3.63) is 63.9 Å². The summed E-state index contributed by atoms with van der Waals surface area (Å²) >= 11 is 3.33. The van der Waals surface area contributed by atoms with E-state index in [2.05, 4.69) is 33.9 Å². The third kappa shape index (κ3) is 3.14. The van der Waals surface area contributed by atoms with Gasteiger partial charge in [-0.1, -0.05) is 24.3 Å². The molecule has 17 heavy (non-hydrogen) atoms. The summed E-state index contributed by atoms with van der Waals surface area (Å²) < 4.78 is 0.921. The molecule has 1 atom stereocenters. The number of pyridine rings is 1. The van der Waals surface area contributed by atoms with Crippen LogP contribution in [0.25, 0.3) is 0 Å². The average molecular weight is 292 g/mol. The average Bonchev–Trinajstić information content (AvgIpc) is 2.33. The fourth-order valence-corrected chi connectivity index (χ4v) is 1.97. The first-order valence-corrected chi connectivity index (χ1v) is 6.30. The monoisotopic (exact) mass is 291 g/mol. The molecule has 0 fully saturated rings. The van der Waals surface area contributed by atoms with Crippen LogP contribution < -0.4 is 0 Å². The standard InChI is InChI=1S/C14H14BrNO/c1-10-4-2-3-5-11(10)8-14(17)13-7-6-12(15)9-16-13/h2-7,9,14,17H,8H2,1H3. The predicted octanol–water partition coefficient (Wildman–Crippen LogP) is 3.43. The first kappa shape index (κ1) is 12.3. The molecule has 0 bridgehead atoms. The maximum atomic E-state index is 10.1. The molecule has 88 valence electrons. The van der Waals surface area contributed by atoms with Gasteiger partial charge in [-0.05, 0) is 46.1 Å². The van der Waals surface area contributed by atoms with E-state index >= 15 is 0 Å². The van der Waals surface area contributed by atoms with Crippen LogP contribution in [0.5, 0.6) is 0 Å². The van der Waals surface area contributed by atoms with Gasteiger partial charge in [0, 0.05) is 17.1 Å². The highest BCUT2D eigenvalue weighted by Gasteiger charge is 2.10. The molecule has 2 nitrogen and oxygen atoms in total. The Kier molecular flexibility index (Phi) is 3.92. The molecule has 0 radical (unpaired) electrons. The Morgan fingerprint density at radius 3 is 2.65 bits per heavy atom. The van der Waals surface area contributed by atoms with Crippen molar-refractivity contribution in [1.29, 1.82) is 0 Å². The Hall–Kier alpha value is -1.19. The lowest BCUT2D eigenvalue weighted by molar-refractivity contribution is 0.173. The van der Waals surface area contributed by atoms with Crippen LogP contribution in [0.2, 0.25) is 0 Å². The highest BCUT2D eigenvalue weighted by Crippen LogP contribution is 2.19. The summed E-state index contributed by atoms with van der Waals surface area (Å²) in [6.07, 6.45) is 1.75. The van der Waals surface area contributed by atoms with Gasteiger partial charge in [0.05, 0.1) is 11.8 Å². The van der Waals surface area contributed by atoms with Gasteiger partial charge in [0.2, 0.25) is 0 Å². The molecule has 1 N–H and O–H groups in total. The van der Waals surface area contributed by atoms with Crippen molar-refractivity contribution in [2.75, 3.05) is 0 Å². The first-order chi connectivity index (χ1) is 8.16. The van der Waals surface area contributed by atoms with Crippen LogP contribution in [-0.2, 0) is 6.42 Å². The normalized spacial score (nSPS) is 12.4. The van der Waals surface area contributed by atoms with E-state index in [0.717, 1.165) is 10.0 Å². The van der Waals surface area contributed by atoms with Gasteiger partial charge in [-0.3, -0.25) is 4.98 Å². The Bertz CT molecular complexity index is 496. The van der Waals surface area contributed by atoms with Crippen molar-refractivity contribution in [3.63, 3.8) is 0 Å². The Labute approximate surface area is 109 Å². The molecule has 0 aliphatic heterocycles. The van der Waals surface area contributed by atoms with Crippen LogP contribution >= 0.6 is 15.9 Å². The maximum Gasteiger partial charge on any atom is 0.1000 e. The summed E-state index contributed by atoms with van der Waals surface area (Å²) in [5, 5.41) is 10.1. The lowest BCUT2D eigenvalue weighted by Crippen LogP contribution is -2.04. The maximum absolute atomic E-state index is 10.1. The SMILES string of the molecule is Cc1ccccc1CC(O)c1ccc(Br)cn1. The van der Waals surface area contributed by atoms with E-state index < -0.39 is 6.10 Å². The molecule has 0 saturated heterocycles. The lowest BCUT2D eigenvalue weighted by atomic mass is 10.0. The van der Waals surface area contributed by atoms with Crippen LogP contribution in [0.4, 0.5) is 0 Å². The fourth-order valence-electron chi connectivity index (χ4n) is 1.74. The minimum atomic E-state index is -0.552. The van der Waals surface area contributed by atoms with Crippen molar-refractivity contribution < 1.29 is 5.11 Å². The van der Waals surface area contributed by atoms with E-state index in [-0.39, 0.29) is 0 Å². The van der Waals surface area contributed by atoms with Gasteiger partial charge in [0.15, 0.2) is 0 Å². The largest absolute Gasteiger partial charge is 0.386 e. The molecule has 3 heteroatoms. The number of rotatable bonds is 3. The Morgan fingerprint density at radius 2 is 2.00 bits per heavy atom. The highest BCUT2D eigenvalue weighted by atomic mass is 79.9. The molecule has 1 unspecified atom stereocenters. The van der Waals surface area contributed by atoms with Gasteiger partial charge in [-0.15, -0.1) is 0 Å². The van der Waals surface area contributed by atoms with Gasteiger partial charge in [0.25, 0.3) is 0 Å². The van der Waals surface area contributed by atoms with Crippen molar-refractivity contribution >= 4 is 15.9 Å². The third-order valence-corrected chi connectivity index (χ3v) is 3.24. The summed E-state index contributed by atoms with van der Waals surface area (Å²) in [7, 11) is 0. The molecule has 2 rings (SSSR count). The van der Waals surface area contributed by atoms with E-state index in [1.54, 1.807) is 6.20 Å². The summed E-state index contributed by atoms with van der Waals surface area (Å²) in [5.41, 5.74) is 3.06. The Morgan fingerprint density at radius 1 is 1.24 bits per heavy atom. The molecule has 1 aromatic heterocycles. The zero-order valence-electron chi connectivity index (χ0n) is 9.60. The number of aliphatic hydroxyl groups excluding tert-OH is 1. The fraction of sp³-hybridized carbons (Fsp3) is 0.214. The first-order valence-electron chi connectivity index (χ1n) is 5.51. The zero-order chi connectivity index (χ0) is 12.3. The molecular formula is C14H14BrNO. The molecule has 2 aromatic rings. The number of aryl methyl sites for hydroxylation is 1. The highest BCUT2D eigenvalue weighted by molar-refractivity contribution is 9.10. The predicted molar refractivity (Wildman–Crippen MR) is 71.8 cm³/mol. The number of hydrogen-bond donors (Lipinski definition) is 1. The van der Waals surface area contributed by atoms with E-state index in [1.165, 1.54) is 5.56 Å². The number of benzene rings is 1. The van der Waals surface area contributed by atoms with Gasteiger partial charge in [-0.25, -0.2) is 0 Å². The van der Waals surface area contributed by atoms with Crippen LogP contribution in [0.3, 0.4) is 0 Å². The number of aliphatic hydroxyl groups is 1. The van der Waals surface area contributed by atoms with E-state index in [4.69, 9.17) is 0 Å². The Balaban J connectivity index is 2.14. The molecule has 0 amide bonds. The smallest absolute Gasteiger partial charge is 0.1000 e. The minimum Gasteiger partial charge on any atom is -0.386 e. The second-order valence-corrected chi connectivity index (χ2v) is 4.96. The number of aromatic nitrogens is 1. The van der Waals surface area contributed by atoms with E-state index in [0.29, 0.717) is 12.1 Å². The van der Waals surface area contributed by atoms with E-state index in [9.17, 15) is 5.11 Å². The van der Waals surface area contributed by atoms with Gasteiger partial charge < -0.3 is 5.11 Å². The lowest BCUT2D eigenvalue weighted by Gasteiger charge is -2.12. The number of hydrogen-bond acceptors (Lipinski definition) is 2. The topological polar surface area (TPSA) is 33.1 Å². The van der Waals surface area contributed by atoms with Crippen LogP contribution in [0, 0.1) is 6.92 Å². The quantitative estimate of drug-likeness (QED) is 0.940. The molecule has 0 aliphatic rings. The van der Waals surface area contributed by atoms with Gasteiger partial charge >= 0.3 is 0 Å². The second kappa shape index (κ2) is 5.43. The molecule has 0 spiro atoms. The third-order valence-electron chi connectivity index (χ3n) is 2.77. The molecule has 1 aromatic carbocycles. The van der Waals surface area contributed by atoms with Crippen molar-refractivity contribution in [2.24, 2.45) is 0 Å². The number of nitrogens with zero attached hydrogens (tertiary/aromatic N) is 1. The van der Waals surface area contributed by atoms with Crippen molar-refractivity contribution in [3.8, 4) is 0 Å². The van der Waals surface area contributed by atoms with Crippen LogP contribution in [-0.4, -0.2) is 10.1 Å². The molecule has 1 heterocycles. The molecule has 0 aliphatic carbocycles. The van der Waals surface area contributed by atoms with Crippen LogP contribution in [0.15, 0.2) is 47.1 Å². The van der Waals surface area contributed by atoms with Crippen molar-refractivity contribution in [1.82, 2.24) is 4.98 Å². The van der Waals surface area contributed by atoms with Gasteiger partial charge in [-0.2, -0.15) is 0 Å². The zero-order valence-corrected chi connectivity index (χ0v) is 11.2.